The third-order valence-corrected chi connectivity index (χ3v) is 2.85. The van der Waals surface area contributed by atoms with Crippen LogP contribution in [0.25, 0.3) is 0 Å². The second-order valence-corrected chi connectivity index (χ2v) is 4.40. The van der Waals surface area contributed by atoms with Crippen LogP contribution in [-0.4, -0.2) is 16.0 Å². The van der Waals surface area contributed by atoms with Gasteiger partial charge >= 0.3 is 0 Å². The largest absolute Gasteiger partial charge is 0.399 e. The van der Waals surface area contributed by atoms with E-state index in [4.69, 9.17) is 5.73 Å². The Balaban J connectivity index is 1.83. The SMILES string of the molecule is CC(CC(=O)NCc1ncon1)c1ccc(N)cc1. The molecule has 0 bridgehead atoms. The lowest BCUT2D eigenvalue weighted by Gasteiger charge is -2.11. The summed E-state index contributed by atoms with van der Waals surface area (Å²) >= 11 is 0. The molecule has 1 amide bonds. The van der Waals surface area contributed by atoms with Crippen molar-refractivity contribution in [1.82, 2.24) is 15.5 Å². The normalized spacial score (nSPS) is 12.1. The van der Waals surface area contributed by atoms with Crippen molar-refractivity contribution in [3.63, 3.8) is 0 Å². The molecule has 3 N–H and O–H groups in total. The molecule has 2 aromatic rings. The Bertz CT molecular complexity index is 522. The molecule has 0 saturated heterocycles. The Morgan fingerprint density at radius 1 is 1.42 bits per heavy atom. The van der Waals surface area contributed by atoms with Gasteiger partial charge in [0.1, 0.15) is 0 Å². The average molecular weight is 260 g/mol. The van der Waals surface area contributed by atoms with Crippen molar-refractivity contribution in [3.05, 3.63) is 42.0 Å². The Labute approximate surface area is 111 Å². The minimum atomic E-state index is -0.0471. The highest BCUT2D eigenvalue weighted by Gasteiger charge is 2.11. The Morgan fingerprint density at radius 2 is 2.16 bits per heavy atom. The van der Waals surface area contributed by atoms with Crippen LogP contribution in [0.5, 0.6) is 0 Å². The van der Waals surface area contributed by atoms with E-state index >= 15 is 0 Å². The van der Waals surface area contributed by atoms with Crippen LogP contribution in [0.3, 0.4) is 0 Å². The van der Waals surface area contributed by atoms with E-state index in [2.05, 4.69) is 20.0 Å². The molecular weight excluding hydrogens is 244 g/mol. The smallest absolute Gasteiger partial charge is 0.220 e. The monoisotopic (exact) mass is 260 g/mol. The summed E-state index contributed by atoms with van der Waals surface area (Å²) in [6, 6.07) is 7.55. The molecule has 0 aliphatic carbocycles. The highest BCUT2D eigenvalue weighted by molar-refractivity contribution is 5.76. The van der Waals surface area contributed by atoms with Crippen LogP contribution in [0.15, 0.2) is 35.2 Å². The van der Waals surface area contributed by atoms with Gasteiger partial charge in [0.05, 0.1) is 6.54 Å². The zero-order valence-electron chi connectivity index (χ0n) is 10.7. The lowest BCUT2D eigenvalue weighted by molar-refractivity contribution is -0.121. The number of nitrogens with one attached hydrogen (secondary N) is 1. The Kier molecular flexibility index (Phi) is 4.12. The number of hydrogen-bond acceptors (Lipinski definition) is 5. The number of nitrogen functional groups attached to an aromatic ring is 1. The van der Waals surface area contributed by atoms with E-state index in [9.17, 15) is 4.79 Å². The van der Waals surface area contributed by atoms with Crippen LogP contribution < -0.4 is 11.1 Å². The van der Waals surface area contributed by atoms with E-state index in [1.807, 2.05) is 31.2 Å². The van der Waals surface area contributed by atoms with E-state index in [1.54, 1.807) is 0 Å². The maximum atomic E-state index is 11.8. The van der Waals surface area contributed by atoms with Crippen molar-refractivity contribution in [3.8, 4) is 0 Å². The first kappa shape index (κ1) is 13.1. The number of nitrogens with two attached hydrogens (primary N) is 1. The van der Waals surface area contributed by atoms with Gasteiger partial charge in [-0.1, -0.05) is 24.2 Å². The number of carbonyl (C=O) groups excluding carboxylic acids is 1. The van der Waals surface area contributed by atoms with Crippen LogP contribution >= 0.6 is 0 Å². The van der Waals surface area contributed by atoms with Gasteiger partial charge in [-0.3, -0.25) is 4.79 Å². The number of aromatic nitrogens is 2. The van der Waals surface area contributed by atoms with Gasteiger partial charge in [0.15, 0.2) is 5.82 Å². The summed E-state index contributed by atoms with van der Waals surface area (Å²) in [6.07, 6.45) is 1.64. The molecule has 100 valence electrons. The summed E-state index contributed by atoms with van der Waals surface area (Å²) in [5.74, 6) is 0.550. The molecule has 0 fully saturated rings. The molecular formula is C13H16N4O2. The number of nitrogens with zero attached hydrogens (tertiary/aromatic N) is 2. The van der Waals surface area contributed by atoms with Gasteiger partial charge in [-0.15, -0.1) is 0 Å². The van der Waals surface area contributed by atoms with Crippen LogP contribution in [0.2, 0.25) is 0 Å². The highest BCUT2D eigenvalue weighted by atomic mass is 16.5. The second-order valence-electron chi connectivity index (χ2n) is 4.40. The van der Waals surface area contributed by atoms with E-state index in [1.165, 1.54) is 6.39 Å². The fourth-order valence-electron chi connectivity index (χ4n) is 1.74. The van der Waals surface area contributed by atoms with Crippen molar-refractivity contribution >= 4 is 11.6 Å². The molecule has 1 aromatic carbocycles. The predicted molar refractivity (Wildman–Crippen MR) is 70.0 cm³/mol. The fourth-order valence-corrected chi connectivity index (χ4v) is 1.74. The van der Waals surface area contributed by atoms with E-state index in [0.717, 1.165) is 11.3 Å². The molecule has 2 rings (SSSR count). The summed E-state index contributed by atoms with van der Waals surface area (Å²) < 4.78 is 4.58. The zero-order chi connectivity index (χ0) is 13.7. The van der Waals surface area contributed by atoms with Crippen LogP contribution in [-0.2, 0) is 11.3 Å². The van der Waals surface area contributed by atoms with E-state index in [0.29, 0.717) is 12.2 Å². The fraction of sp³-hybridized carbons (Fsp3) is 0.308. The molecule has 6 heteroatoms. The molecule has 1 heterocycles. The lowest BCUT2D eigenvalue weighted by atomic mass is 9.97. The van der Waals surface area contributed by atoms with E-state index < -0.39 is 0 Å². The van der Waals surface area contributed by atoms with E-state index in [-0.39, 0.29) is 18.4 Å². The summed E-state index contributed by atoms with van der Waals surface area (Å²) in [5, 5.41) is 6.37. The third-order valence-electron chi connectivity index (χ3n) is 2.85. The molecule has 0 aliphatic heterocycles. The van der Waals surface area contributed by atoms with Crippen molar-refractivity contribution in [2.45, 2.75) is 25.8 Å². The van der Waals surface area contributed by atoms with Crippen molar-refractivity contribution in [2.24, 2.45) is 0 Å². The number of carbonyl (C=O) groups is 1. The Morgan fingerprint density at radius 3 is 2.79 bits per heavy atom. The molecule has 0 radical (unpaired) electrons. The number of rotatable bonds is 5. The highest BCUT2D eigenvalue weighted by Crippen LogP contribution is 2.19. The van der Waals surface area contributed by atoms with Crippen molar-refractivity contribution < 1.29 is 9.32 Å². The summed E-state index contributed by atoms with van der Waals surface area (Å²) in [5.41, 5.74) is 7.43. The number of benzene rings is 1. The average Bonchev–Trinajstić information content (AvgIpc) is 2.90. The van der Waals surface area contributed by atoms with Crippen molar-refractivity contribution in [2.75, 3.05) is 5.73 Å². The molecule has 0 spiro atoms. The molecule has 6 nitrogen and oxygen atoms in total. The van der Waals surface area contributed by atoms with Crippen LogP contribution in [0.1, 0.15) is 30.7 Å². The number of anilines is 1. The number of amides is 1. The molecule has 0 aliphatic rings. The Hall–Kier alpha value is -2.37. The second kappa shape index (κ2) is 5.99. The first-order valence-corrected chi connectivity index (χ1v) is 6.02. The first-order chi connectivity index (χ1) is 9.15. The molecule has 19 heavy (non-hydrogen) atoms. The van der Waals surface area contributed by atoms with Gasteiger partial charge in [0.2, 0.25) is 12.3 Å². The van der Waals surface area contributed by atoms with Crippen LogP contribution in [0, 0.1) is 0 Å². The summed E-state index contributed by atoms with van der Waals surface area (Å²) in [7, 11) is 0. The minimum Gasteiger partial charge on any atom is -0.399 e. The maximum absolute atomic E-state index is 11.8. The van der Waals surface area contributed by atoms with Gasteiger partial charge in [-0.25, -0.2) is 0 Å². The lowest BCUT2D eigenvalue weighted by Crippen LogP contribution is -2.24. The molecule has 1 aromatic heterocycles. The maximum Gasteiger partial charge on any atom is 0.220 e. The molecule has 1 unspecified atom stereocenters. The molecule has 0 saturated carbocycles. The van der Waals surface area contributed by atoms with Gasteiger partial charge in [0.25, 0.3) is 0 Å². The van der Waals surface area contributed by atoms with Gasteiger partial charge in [-0.2, -0.15) is 4.98 Å². The van der Waals surface area contributed by atoms with Crippen molar-refractivity contribution in [1.29, 1.82) is 0 Å². The first-order valence-electron chi connectivity index (χ1n) is 6.02. The topological polar surface area (TPSA) is 94.0 Å². The molecule has 1 atom stereocenters. The zero-order valence-corrected chi connectivity index (χ0v) is 10.7. The quantitative estimate of drug-likeness (QED) is 0.794. The van der Waals surface area contributed by atoms with Gasteiger partial charge in [-0.05, 0) is 23.6 Å². The summed E-state index contributed by atoms with van der Waals surface area (Å²) in [4.78, 5) is 15.6. The predicted octanol–water partition coefficient (Wildman–Crippen LogP) is 1.46. The standard InChI is InChI=1S/C13H16N4O2/c1-9(10-2-4-11(14)5-3-10)6-13(18)15-7-12-16-8-19-17-12/h2-5,8-9H,6-7,14H2,1H3,(H,15,18). The number of hydrogen-bond donors (Lipinski definition) is 2. The van der Waals surface area contributed by atoms with Gasteiger partial charge < -0.3 is 15.6 Å². The summed E-state index contributed by atoms with van der Waals surface area (Å²) in [6.45, 7) is 2.28. The minimum absolute atomic E-state index is 0.0471. The third kappa shape index (κ3) is 3.80. The van der Waals surface area contributed by atoms with Crippen LogP contribution in [0.4, 0.5) is 5.69 Å². The van der Waals surface area contributed by atoms with Gasteiger partial charge in [0, 0.05) is 12.1 Å².